The molecule has 0 aliphatic carbocycles. The van der Waals surface area contributed by atoms with E-state index in [4.69, 9.17) is 4.74 Å². The van der Waals surface area contributed by atoms with Crippen LogP contribution in [0, 0.1) is 0 Å². The van der Waals surface area contributed by atoms with E-state index < -0.39 is 9.84 Å². The van der Waals surface area contributed by atoms with Crippen LogP contribution in [0.5, 0.6) is 0 Å². The Labute approximate surface area is 202 Å². The molecule has 2 saturated heterocycles. The van der Waals surface area contributed by atoms with Gasteiger partial charge in [0.15, 0.2) is 15.8 Å². The normalized spacial score (nSPS) is 20.8. The number of aliphatic imine (C=N–C) groups is 1. The molecule has 1 amide bonds. The van der Waals surface area contributed by atoms with Crippen molar-refractivity contribution < 1.29 is 17.9 Å². The van der Waals surface area contributed by atoms with Crippen LogP contribution in [-0.2, 0) is 19.4 Å². The lowest BCUT2D eigenvalue weighted by atomic mass is 10.2. The summed E-state index contributed by atoms with van der Waals surface area (Å²) in [6.07, 6.45) is 2.11. The van der Waals surface area contributed by atoms with Gasteiger partial charge in [0.1, 0.15) is 6.10 Å². The maximum Gasteiger partial charge on any atom is 0.251 e. The van der Waals surface area contributed by atoms with Gasteiger partial charge in [-0.1, -0.05) is 25.1 Å². The third-order valence-electron chi connectivity index (χ3n) is 5.66. The first-order valence-electron chi connectivity index (χ1n) is 10.6. The number of amides is 1. The molecule has 10 heteroatoms. The maximum atomic E-state index is 12.7. The lowest BCUT2D eigenvalue weighted by molar-refractivity contribution is -0.142. The van der Waals surface area contributed by atoms with Gasteiger partial charge in [-0.25, -0.2) is 8.42 Å². The van der Waals surface area contributed by atoms with Gasteiger partial charge in [-0.05, 0) is 31.4 Å². The van der Waals surface area contributed by atoms with Crippen molar-refractivity contribution in [2.45, 2.75) is 43.2 Å². The number of nitrogens with zero attached hydrogens (tertiary/aromatic N) is 3. The van der Waals surface area contributed by atoms with E-state index in [-0.39, 0.29) is 47.8 Å². The second-order valence-electron chi connectivity index (χ2n) is 7.71. The summed E-state index contributed by atoms with van der Waals surface area (Å²) in [7, 11) is -1.69. The van der Waals surface area contributed by atoms with E-state index in [0.29, 0.717) is 50.1 Å². The van der Waals surface area contributed by atoms with Crippen molar-refractivity contribution in [2.24, 2.45) is 4.99 Å². The summed E-state index contributed by atoms with van der Waals surface area (Å²) in [5.74, 6) is 0.758. The van der Waals surface area contributed by atoms with Crippen molar-refractivity contribution in [3.63, 3.8) is 0 Å². The molecule has 2 atom stereocenters. The van der Waals surface area contributed by atoms with Crippen molar-refractivity contribution >= 4 is 45.7 Å². The highest BCUT2D eigenvalue weighted by Crippen LogP contribution is 2.16. The SMILES string of the molecule is CCC(CS(=O)(=O)c1ccccc1)NC(=NC)N1CCN(C(=O)C2CCCO2)CC1.I. The Hall–Kier alpha value is -1.40. The number of halogens is 1. The van der Waals surface area contributed by atoms with Crippen LogP contribution in [0.1, 0.15) is 26.2 Å². The van der Waals surface area contributed by atoms with Gasteiger partial charge in [-0.15, -0.1) is 24.0 Å². The topological polar surface area (TPSA) is 91.3 Å². The molecule has 2 aliphatic rings. The first-order valence-corrected chi connectivity index (χ1v) is 12.3. The summed E-state index contributed by atoms with van der Waals surface area (Å²) in [6.45, 7) is 5.15. The third-order valence-corrected chi connectivity index (χ3v) is 7.49. The zero-order chi connectivity index (χ0) is 21.6. The molecule has 3 rings (SSSR count). The molecule has 0 spiro atoms. The molecule has 174 valence electrons. The van der Waals surface area contributed by atoms with E-state index in [2.05, 4.69) is 15.2 Å². The molecule has 0 saturated carbocycles. The van der Waals surface area contributed by atoms with E-state index in [1.807, 2.05) is 11.8 Å². The van der Waals surface area contributed by atoms with Gasteiger partial charge < -0.3 is 19.9 Å². The molecule has 2 heterocycles. The lowest BCUT2D eigenvalue weighted by Crippen LogP contribution is -2.57. The molecule has 0 radical (unpaired) electrons. The molecule has 2 aliphatic heterocycles. The van der Waals surface area contributed by atoms with Crippen molar-refractivity contribution in [3.8, 4) is 0 Å². The van der Waals surface area contributed by atoms with Crippen molar-refractivity contribution in [3.05, 3.63) is 30.3 Å². The molecule has 0 bridgehead atoms. The highest BCUT2D eigenvalue weighted by molar-refractivity contribution is 14.0. The number of guanidine groups is 1. The van der Waals surface area contributed by atoms with E-state index in [1.54, 1.807) is 37.4 Å². The molecule has 1 aromatic carbocycles. The van der Waals surface area contributed by atoms with Crippen LogP contribution in [0.25, 0.3) is 0 Å². The lowest BCUT2D eigenvalue weighted by Gasteiger charge is -2.38. The van der Waals surface area contributed by atoms with Gasteiger partial charge in [0.05, 0.1) is 10.6 Å². The molecule has 2 fully saturated rings. The summed E-state index contributed by atoms with van der Waals surface area (Å²) in [5.41, 5.74) is 0. The minimum atomic E-state index is -3.39. The van der Waals surface area contributed by atoms with Gasteiger partial charge in [-0.3, -0.25) is 9.79 Å². The van der Waals surface area contributed by atoms with Crippen molar-refractivity contribution in [2.75, 3.05) is 45.6 Å². The molecule has 1 aromatic rings. The third kappa shape index (κ3) is 6.79. The largest absolute Gasteiger partial charge is 0.368 e. The number of hydrogen-bond acceptors (Lipinski definition) is 5. The predicted octanol–water partition coefficient (Wildman–Crippen LogP) is 1.76. The Balaban J connectivity index is 0.00000341. The monoisotopic (exact) mass is 564 g/mol. The molecule has 8 nitrogen and oxygen atoms in total. The predicted molar refractivity (Wildman–Crippen MR) is 132 cm³/mol. The summed E-state index contributed by atoms with van der Waals surface area (Å²) in [4.78, 5) is 21.2. The molecular formula is C21H33IN4O4S. The minimum Gasteiger partial charge on any atom is -0.368 e. The Kier molecular flexibility index (Phi) is 10.0. The molecular weight excluding hydrogens is 531 g/mol. The van der Waals surface area contributed by atoms with Crippen LogP contribution in [0.3, 0.4) is 0 Å². The highest BCUT2D eigenvalue weighted by atomic mass is 127. The second kappa shape index (κ2) is 12.0. The van der Waals surface area contributed by atoms with Gasteiger partial charge in [0.25, 0.3) is 5.91 Å². The Bertz CT molecular complexity index is 836. The second-order valence-corrected chi connectivity index (χ2v) is 9.74. The number of rotatable bonds is 6. The number of carbonyl (C=O) groups excluding carboxylic acids is 1. The number of piperazine rings is 1. The first-order chi connectivity index (χ1) is 14.4. The number of sulfone groups is 1. The summed E-state index contributed by atoms with van der Waals surface area (Å²) in [5, 5.41) is 3.32. The zero-order valence-electron chi connectivity index (χ0n) is 18.2. The van der Waals surface area contributed by atoms with Gasteiger partial charge in [0.2, 0.25) is 0 Å². The van der Waals surface area contributed by atoms with Crippen LogP contribution < -0.4 is 5.32 Å². The quantitative estimate of drug-likeness (QED) is 0.322. The number of nitrogens with one attached hydrogen (secondary N) is 1. The minimum absolute atomic E-state index is 0. The number of benzene rings is 1. The standard InChI is InChI=1S/C21H32N4O4S.HI/c1-3-17(16-30(27,28)18-8-5-4-6-9-18)23-21(22-2)25-13-11-24(12-14-25)20(26)19-10-7-15-29-19;/h4-6,8-9,17,19H,3,7,10-16H2,1-2H3,(H,22,23);1H. The highest BCUT2D eigenvalue weighted by Gasteiger charge is 2.31. The van der Waals surface area contributed by atoms with Crippen molar-refractivity contribution in [1.29, 1.82) is 0 Å². The number of carbonyl (C=O) groups is 1. The van der Waals surface area contributed by atoms with E-state index >= 15 is 0 Å². The van der Waals surface area contributed by atoms with Gasteiger partial charge in [-0.2, -0.15) is 0 Å². The van der Waals surface area contributed by atoms with Crippen molar-refractivity contribution in [1.82, 2.24) is 15.1 Å². The Morgan fingerprint density at radius 3 is 2.39 bits per heavy atom. The summed E-state index contributed by atoms with van der Waals surface area (Å²) in [6, 6.07) is 8.28. The Morgan fingerprint density at radius 2 is 1.84 bits per heavy atom. The van der Waals surface area contributed by atoms with Crippen LogP contribution in [0.15, 0.2) is 40.2 Å². The van der Waals surface area contributed by atoms with Crippen LogP contribution in [-0.4, -0.2) is 87.8 Å². The fourth-order valence-corrected chi connectivity index (χ4v) is 5.46. The molecule has 1 N–H and O–H groups in total. The zero-order valence-corrected chi connectivity index (χ0v) is 21.3. The maximum absolute atomic E-state index is 12.7. The van der Waals surface area contributed by atoms with Gasteiger partial charge >= 0.3 is 0 Å². The number of ether oxygens (including phenoxy) is 1. The summed E-state index contributed by atoms with van der Waals surface area (Å²) < 4.78 is 31.0. The van der Waals surface area contributed by atoms with E-state index in [1.165, 1.54) is 0 Å². The van der Waals surface area contributed by atoms with E-state index in [9.17, 15) is 13.2 Å². The summed E-state index contributed by atoms with van der Waals surface area (Å²) >= 11 is 0. The average molecular weight is 564 g/mol. The van der Waals surface area contributed by atoms with Crippen LogP contribution in [0.2, 0.25) is 0 Å². The fraction of sp³-hybridized carbons (Fsp3) is 0.619. The Morgan fingerprint density at radius 1 is 1.19 bits per heavy atom. The number of hydrogen-bond donors (Lipinski definition) is 1. The average Bonchev–Trinajstić information content (AvgIpc) is 3.32. The van der Waals surface area contributed by atoms with Crippen LogP contribution >= 0.6 is 24.0 Å². The first kappa shape index (κ1) is 25.9. The van der Waals surface area contributed by atoms with Gasteiger partial charge in [0, 0.05) is 45.9 Å². The van der Waals surface area contributed by atoms with Crippen LogP contribution in [0.4, 0.5) is 0 Å². The van der Waals surface area contributed by atoms with E-state index in [0.717, 1.165) is 12.8 Å². The molecule has 0 aromatic heterocycles. The fourth-order valence-electron chi connectivity index (χ4n) is 3.85. The molecule has 2 unspecified atom stereocenters. The molecule has 31 heavy (non-hydrogen) atoms. The smallest absolute Gasteiger partial charge is 0.251 e.